The lowest BCUT2D eigenvalue weighted by molar-refractivity contribution is 0.0630. The Bertz CT molecular complexity index is 737. The van der Waals surface area contributed by atoms with E-state index in [9.17, 15) is 9.59 Å². The molecule has 3 heterocycles. The first kappa shape index (κ1) is 13.0. The number of amides is 2. The minimum Gasteiger partial charge on any atom is -0.383 e. The topological polar surface area (TPSA) is 62.3 Å². The van der Waals surface area contributed by atoms with E-state index in [2.05, 4.69) is 10.3 Å². The first-order chi connectivity index (χ1) is 10.7. The molecule has 1 N–H and O–H groups in total. The van der Waals surface area contributed by atoms with Crippen molar-refractivity contribution in [3.8, 4) is 0 Å². The third-order valence-electron chi connectivity index (χ3n) is 4.27. The van der Waals surface area contributed by atoms with Gasteiger partial charge in [0.25, 0.3) is 11.8 Å². The number of nitrogens with zero attached hydrogens (tertiary/aromatic N) is 2. The van der Waals surface area contributed by atoms with Crippen molar-refractivity contribution in [2.75, 3.05) is 18.4 Å². The molecule has 22 heavy (non-hydrogen) atoms. The van der Waals surface area contributed by atoms with Crippen LogP contribution < -0.4 is 5.32 Å². The first-order valence-corrected chi connectivity index (χ1v) is 7.37. The van der Waals surface area contributed by atoms with Crippen LogP contribution in [0.1, 0.15) is 26.4 Å². The number of pyridine rings is 1. The number of rotatable bonds is 2. The Balaban J connectivity index is 1.54. The number of hydrogen-bond donors (Lipinski definition) is 1. The summed E-state index contributed by atoms with van der Waals surface area (Å²) < 4.78 is 0. The molecule has 1 aromatic heterocycles. The van der Waals surface area contributed by atoms with Gasteiger partial charge < -0.3 is 5.32 Å². The molecule has 1 aromatic carbocycles. The number of carbonyl (C=O) groups excluding carboxylic acids is 2. The summed E-state index contributed by atoms with van der Waals surface area (Å²) in [7, 11) is 0. The van der Waals surface area contributed by atoms with Crippen LogP contribution in [0.25, 0.3) is 0 Å². The number of fused-ring (bicyclic) bond motifs is 2. The zero-order valence-electron chi connectivity index (χ0n) is 12.0. The highest BCUT2D eigenvalue weighted by atomic mass is 16.2. The van der Waals surface area contributed by atoms with Crippen molar-refractivity contribution in [3.63, 3.8) is 0 Å². The molecule has 0 fully saturated rings. The molecule has 0 spiro atoms. The highest BCUT2D eigenvalue weighted by Gasteiger charge is 2.36. The van der Waals surface area contributed by atoms with E-state index in [4.69, 9.17) is 0 Å². The standard InChI is InChI=1S/C17H15N3O2/c21-16-12-4-1-2-5-13(12)17(22)20(16)10-11-8-15-14(19-9-11)6-3-7-18-15/h1-7,11,19H,8-10H2. The minimum absolute atomic E-state index is 0.185. The van der Waals surface area contributed by atoms with E-state index in [1.54, 1.807) is 30.5 Å². The SMILES string of the molecule is O=C1c2ccccc2C(=O)N1CC1CNc2cccnc2C1. The lowest BCUT2D eigenvalue weighted by atomic mass is 9.97. The van der Waals surface area contributed by atoms with Crippen molar-refractivity contribution >= 4 is 17.5 Å². The van der Waals surface area contributed by atoms with Gasteiger partial charge in [0.2, 0.25) is 0 Å². The number of hydrogen-bond acceptors (Lipinski definition) is 4. The van der Waals surface area contributed by atoms with Crippen molar-refractivity contribution in [1.82, 2.24) is 9.88 Å². The largest absolute Gasteiger partial charge is 0.383 e. The van der Waals surface area contributed by atoms with E-state index in [-0.39, 0.29) is 17.7 Å². The summed E-state index contributed by atoms with van der Waals surface area (Å²) in [5, 5.41) is 3.33. The van der Waals surface area contributed by atoms with Gasteiger partial charge in [0.1, 0.15) is 0 Å². The summed E-state index contributed by atoms with van der Waals surface area (Å²) in [4.78, 5) is 30.5. The van der Waals surface area contributed by atoms with Gasteiger partial charge >= 0.3 is 0 Å². The molecule has 1 atom stereocenters. The Morgan fingerprint density at radius 1 is 1.09 bits per heavy atom. The molecule has 110 valence electrons. The van der Waals surface area contributed by atoms with E-state index < -0.39 is 0 Å². The van der Waals surface area contributed by atoms with Crippen molar-refractivity contribution in [1.29, 1.82) is 0 Å². The smallest absolute Gasteiger partial charge is 0.261 e. The molecule has 4 rings (SSSR count). The van der Waals surface area contributed by atoms with Crippen molar-refractivity contribution < 1.29 is 9.59 Å². The highest BCUT2D eigenvalue weighted by molar-refractivity contribution is 6.21. The highest BCUT2D eigenvalue weighted by Crippen LogP contribution is 2.27. The van der Waals surface area contributed by atoms with Crippen LogP contribution in [0.4, 0.5) is 5.69 Å². The number of benzene rings is 1. The fourth-order valence-electron chi connectivity index (χ4n) is 3.15. The predicted octanol–water partition coefficient (Wildman–Crippen LogP) is 1.96. The van der Waals surface area contributed by atoms with Gasteiger partial charge in [-0.1, -0.05) is 12.1 Å². The van der Waals surface area contributed by atoms with Crippen molar-refractivity contribution in [2.24, 2.45) is 5.92 Å². The van der Waals surface area contributed by atoms with Gasteiger partial charge in [0.15, 0.2) is 0 Å². The van der Waals surface area contributed by atoms with E-state index >= 15 is 0 Å². The maximum atomic E-state index is 12.4. The summed E-state index contributed by atoms with van der Waals surface area (Å²) >= 11 is 0. The van der Waals surface area contributed by atoms with Crippen LogP contribution in [0.5, 0.6) is 0 Å². The van der Waals surface area contributed by atoms with E-state index in [1.807, 2.05) is 12.1 Å². The quantitative estimate of drug-likeness (QED) is 0.860. The molecule has 0 saturated carbocycles. The van der Waals surface area contributed by atoms with Crippen LogP contribution in [0.3, 0.4) is 0 Å². The summed E-state index contributed by atoms with van der Waals surface area (Å²) in [6.07, 6.45) is 2.54. The number of anilines is 1. The van der Waals surface area contributed by atoms with Gasteiger partial charge in [0.05, 0.1) is 22.5 Å². The van der Waals surface area contributed by atoms with Gasteiger partial charge in [-0.15, -0.1) is 0 Å². The third-order valence-corrected chi connectivity index (χ3v) is 4.27. The molecule has 2 amide bonds. The van der Waals surface area contributed by atoms with Crippen molar-refractivity contribution in [3.05, 3.63) is 59.4 Å². The van der Waals surface area contributed by atoms with Crippen LogP contribution >= 0.6 is 0 Å². The first-order valence-electron chi connectivity index (χ1n) is 7.37. The average Bonchev–Trinajstić information content (AvgIpc) is 2.80. The minimum atomic E-state index is -0.188. The maximum Gasteiger partial charge on any atom is 0.261 e. The van der Waals surface area contributed by atoms with E-state index in [0.717, 1.165) is 24.3 Å². The second-order valence-electron chi connectivity index (χ2n) is 5.72. The lowest BCUT2D eigenvalue weighted by Gasteiger charge is -2.28. The normalized spacial score (nSPS) is 19.6. The fourth-order valence-corrected chi connectivity index (χ4v) is 3.15. The van der Waals surface area contributed by atoms with Crippen LogP contribution in [0, 0.1) is 5.92 Å². The van der Waals surface area contributed by atoms with Crippen LogP contribution in [-0.2, 0) is 6.42 Å². The van der Waals surface area contributed by atoms with Gasteiger partial charge in [-0.05, 0) is 36.6 Å². The Labute approximate surface area is 128 Å². The Hall–Kier alpha value is -2.69. The van der Waals surface area contributed by atoms with Gasteiger partial charge in [-0.2, -0.15) is 0 Å². The molecule has 0 aliphatic carbocycles. The summed E-state index contributed by atoms with van der Waals surface area (Å²) in [6, 6.07) is 10.9. The lowest BCUT2D eigenvalue weighted by Crippen LogP contribution is -2.39. The molecule has 0 bridgehead atoms. The molecule has 0 saturated heterocycles. The third kappa shape index (κ3) is 1.97. The Morgan fingerprint density at radius 3 is 2.55 bits per heavy atom. The van der Waals surface area contributed by atoms with Crippen LogP contribution in [-0.4, -0.2) is 34.8 Å². The molecule has 1 unspecified atom stereocenters. The Kier molecular flexibility index (Phi) is 2.92. The van der Waals surface area contributed by atoms with Crippen LogP contribution in [0.15, 0.2) is 42.6 Å². The fraction of sp³-hybridized carbons (Fsp3) is 0.235. The van der Waals surface area contributed by atoms with Gasteiger partial charge in [-0.25, -0.2) is 0 Å². The molecule has 5 heteroatoms. The molecule has 0 radical (unpaired) electrons. The molecular formula is C17H15N3O2. The monoisotopic (exact) mass is 293 g/mol. The molecular weight excluding hydrogens is 278 g/mol. The zero-order chi connectivity index (χ0) is 15.1. The zero-order valence-corrected chi connectivity index (χ0v) is 12.0. The second kappa shape index (κ2) is 4.94. The van der Waals surface area contributed by atoms with Crippen molar-refractivity contribution in [2.45, 2.75) is 6.42 Å². The van der Waals surface area contributed by atoms with Gasteiger partial charge in [-0.3, -0.25) is 19.5 Å². The second-order valence-corrected chi connectivity index (χ2v) is 5.72. The number of aromatic nitrogens is 1. The summed E-state index contributed by atoms with van der Waals surface area (Å²) in [5.41, 5.74) is 3.06. The Morgan fingerprint density at radius 2 is 1.82 bits per heavy atom. The number of carbonyl (C=O) groups is 2. The maximum absolute atomic E-state index is 12.4. The predicted molar refractivity (Wildman–Crippen MR) is 81.7 cm³/mol. The average molecular weight is 293 g/mol. The number of imide groups is 1. The summed E-state index contributed by atoms with van der Waals surface area (Å²) in [5.74, 6) is -0.190. The van der Waals surface area contributed by atoms with E-state index in [0.29, 0.717) is 17.7 Å². The van der Waals surface area contributed by atoms with E-state index in [1.165, 1.54) is 4.90 Å². The molecule has 2 aliphatic rings. The summed E-state index contributed by atoms with van der Waals surface area (Å²) in [6.45, 7) is 1.17. The molecule has 2 aliphatic heterocycles. The molecule has 2 aromatic rings. The number of nitrogens with one attached hydrogen (secondary N) is 1. The molecule has 5 nitrogen and oxygen atoms in total. The van der Waals surface area contributed by atoms with Crippen LogP contribution in [0.2, 0.25) is 0 Å². The van der Waals surface area contributed by atoms with Gasteiger partial charge in [0, 0.05) is 19.3 Å².